The van der Waals surface area contributed by atoms with Crippen molar-refractivity contribution in [2.75, 3.05) is 27.5 Å². The lowest BCUT2D eigenvalue weighted by Gasteiger charge is -2.29. The first-order chi connectivity index (χ1) is 16.6. The average molecular weight is 478 g/mol. The van der Waals surface area contributed by atoms with Crippen LogP contribution in [0.3, 0.4) is 0 Å². The van der Waals surface area contributed by atoms with Crippen molar-refractivity contribution in [3.8, 4) is 28.4 Å². The number of fused-ring (bicyclic) bond motifs is 3. The fourth-order valence-electron chi connectivity index (χ4n) is 4.23. The van der Waals surface area contributed by atoms with E-state index < -0.39 is 5.63 Å². The Bertz CT molecular complexity index is 1400. The van der Waals surface area contributed by atoms with Crippen LogP contribution in [-0.2, 0) is 13.0 Å². The van der Waals surface area contributed by atoms with E-state index in [0.29, 0.717) is 41.5 Å². The molecule has 0 spiro atoms. The lowest BCUT2D eigenvalue weighted by atomic mass is 10.0. The van der Waals surface area contributed by atoms with E-state index in [1.54, 1.807) is 32.4 Å². The normalized spacial score (nSPS) is 13.4. The zero-order valence-electron chi connectivity index (χ0n) is 19.0. The van der Waals surface area contributed by atoms with E-state index in [2.05, 4.69) is 4.90 Å². The topological polar surface area (TPSA) is 61.1 Å². The smallest absolute Gasteiger partial charge is 0.344 e. The number of nitrogens with zero attached hydrogens (tertiary/aromatic N) is 1. The van der Waals surface area contributed by atoms with Crippen LogP contribution in [0.15, 0.2) is 69.9 Å². The van der Waals surface area contributed by atoms with Gasteiger partial charge in [-0.1, -0.05) is 23.7 Å². The second kappa shape index (κ2) is 9.41. The zero-order chi connectivity index (χ0) is 23.7. The Kier molecular flexibility index (Phi) is 6.18. The quantitative estimate of drug-likeness (QED) is 0.340. The summed E-state index contributed by atoms with van der Waals surface area (Å²) in [6.45, 7) is 1.93. The van der Waals surface area contributed by atoms with E-state index in [1.807, 2.05) is 42.5 Å². The minimum Gasteiger partial charge on any atom is -0.497 e. The predicted octanol–water partition coefficient (Wildman–Crippen LogP) is 5.53. The highest BCUT2D eigenvalue weighted by Crippen LogP contribution is 2.36. The fraction of sp³-hybridized carbons (Fsp3) is 0.222. The van der Waals surface area contributed by atoms with E-state index in [4.69, 9.17) is 30.2 Å². The molecule has 1 aliphatic heterocycles. The van der Waals surface area contributed by atoms with E-state index >= 15 is 0 Å². The summed E-state index contributed by atoms with van der Waals surface area (Å²) in [4.78, 5) is 15.2. The van der Waals surface area contributed by atoms with Crippen LogP contribution in [0.25, 0.3) is 22.1 Å². The maximum Gasteiger partial charge on any atom is 0.344 e. The summed E-state index contributed by atoms with van der Waals surface area (Å²) in [7, 11) is 3.15. The third-order valence-corrected chi connectivity index (χ3v) is 6.33. The van der Waals surface area contributed by atoms with Crippen LogP contribution < -0.4 is 19.8 Å². The highest BCUT2D eigenvalue weighted by Gasteiger charge is 2.23. The molecule has 1 aliphatic rings. The molecule has 0 radical (unpaired) electrons. The Morgan fingerprint density at radius 3 is 2.56 bits per heavy atom. The lowest BCUT2D eigenvalue weighted by Crippen LogP contribution is -2.33. The van der Waals surface area contributed by atoms with Crippen molar-refractivity contribution in [3.63, 3.8) is 0 Å². The van der Waals surface area contributed by atoms with Crippen molar-refractivity contribution < 1.29 is 18.6 Å². The van der Waals surface area contributed by atoms with Gasteiger partial charge in [0.15, 0.2) is 0 Å². The van der Waals surface area contributed by atoms with Gasteiger partial charge in [-0.15, -0.1) is 0 Å². The molecule has 4 aromatic rings. The van der Waals surface area contributed by atoms with Crippen LogP contribution >= 0.6 is 11.6 Å². The molecule has 0 saturated carbocycles. The van der Waals surface area contributed by atoms with Gasteiger partial charge in [-0.2, -0.15) is 0 Å². The standard InChI is InChI=1S/C27H24ClNO5/c1-31-20-8-9-21(25(14-20)32-2)22-13-18-5-10-24-23(26(18)34-27(22)30)15-29(16-33-24)12-11-17-3-6-19(28)7-4-17/h3-10,13-14H,11-12,15-16H2,1-2H3. The molecule has 0 amide bonds. The highest BCUT2D eigenvalue weighted by molar-refractivity contribution is 6.30. The number of hydrogen-bond acceptors (Lipinski definition) is 6. The molecule has 174 valence electrons. The molecular weight excluding hydrogens is 454 g/mol. The maximum absolute atomic E-state index is 13.0. The molecule has 3 aromatic carbocycles. The Hall–Kier alpha value is -3.48. The molecule has 6 nitrogen and oxygen atoms in total. The van der Waals surface area contributed by atoms with Gasteiger partial charge < -0.3 is 18.6 Å². The molecule has 2 heterocycles. The van der Waals surface area contributed by atoms with Gasteiger partial charge in [0.1, 0.15) is 29.6 Å². The van der Waals surface area contributed by atoms with Gasteiger partial charge in [0.2, 0.25) is 0 Å². The molecule has 0 N–H and O–H groups in total. The molecule has 5 rings (SSSR count). The van der Waals surface area contributed by atoms with E-state index in [0.717, 1.165) is 34.7 Å². The van der Waals surface area contributed by atoms with Crippen LogP contribution in [0.1, 0.15) is 11.1 Å². The minimum absolute atomic E-state index is 0.428. The predicted molar refractivity (Wildman–Crippen MR) is 132 cm³/mol. The van der Waals surface area contributed by atoms with Gasteiger partial charge in [-0.25, -0.2) is 4.79 Å². The van der Waals surface area contributed by atoms with Gasteiger partial charge in [0, 0.05) is 35.1 Å². The van der Waals surface area contributed by atoms with Crippen LogP contribution in [0.5, 0.6) is 17.2 Å². The van der Waals surface area contributed by atoms with Gasteiger partial charge in [-0.05, 0) is 54.4 Å². The SMILES string of the molecule is COc1ccc(-c2cc3ccc4c(c3oc2=O)CN(CCc2ccc(Cl)cc2)CO4)c(OC)c1. The van der Waals surface area contributed by atoms with Crippen molar-refractivity contribution >= 4 is 22.6 Å². The zero-order valence-corrected chi connectivity index (χ0v) is 19.7. The molecule has 0 aliphatic carbocycles. The van der Waals surface area contributed by atoms with Gasteiger partial charge in [0.05, 0.1) is 25.3 Å². The summed E-state index contributed by atoms with van der Waals surface area (Å²) in [6, 6.07) is 18.9. The number of methoxy groups -OCH3 is 2. The minimum atomic E-state index is -0.428. The summed E-state index contributed by atoms with van der Waals surface area (Å²) in [6.07, 6.45) is 0.867. The number of benzene rings is 3. The highest BCUT2D eigenvalue weighted by atomic mass is 35.5. The van der Waals surface area contributed by atoms with Crippen molar-refractivity contribution in [1.29, 1.82) is 0 Å². The van der Waals surface area contributed by atoms with Crippen LogP contribution in [0, 0.1) is 0 Å². The molecule has 0 atom stereocenters. The molecular formula is C27H24ClNO5. The fourth-order valence-corrected chi connectivity index (χ4v) is 4.36. The second-order valence-corrected chi connectivity index (χ2v) is 8.61. The summed E-state index contributed by atoms with van der Waals surface area (Å²) >= 11 is 5.99. The average Bonchev–Trinajstić information content (AvgIpc) is 2.87. The van der Waals surface area contributed by atoms with Crippen molar-refractivity contribution in [2.24, 2.45) is 0 Å². The summed E-state index contributed by atoms with van der Waals surface area (Å²) in [5, 5.41) is 1.56. The van der Waals surface area contributed by atoms with Crippen LogP contribution in [-0.4, -0.2) is 32.4 Å². The number of rotatable bonds is 6. The Balaban J connectivity index is 1.45. The van der Waals surface area contributed by atoms with E-state index in [1.165, 1.54) is 5.56 Å². The first-order valence-electron chi connectivity index (χ1n) is 11.0. The third kappa shape index (κ3) is 4.34. The summed E-state index contributed by atoms with van der Waals surface area (Å²) in [5.41, 5.74) is 3.29. The summed E-state index contributed by atoms with van der Waals surface area (Å²) in [5.74, 6) is 1.93. The Labute approximate surface area is 202 Å². The molecule has 0 unspecified atom stereocenters. The van der Waals surface area contributed by atoms with Crippen molar-refractivity contribution in [1.82, 2.24) is 4.90 Å². The van der Waals surface area contributed by atoms with Crippen molar-refractivity contribution in [2.45, 2.75) is 13.0 Å². The monoisotopic (exact) mass is 477 g/mol. The van der Waals surface area contributed by atoms with E-state index in [-0.39, 0.29) is 0 Å². The first kappa shape index (κ1) is 22.3. The van der Waals surface area contributed by atoms with E-state index in [9.17, 15) is 4.79 Å². The molecule has 1 aromatic heterocycles. The molecule has 0 bridgehead atoms. The van der Waals surface area contributed by atoms with Crippen LogP contribution in [0.4, 0.5) is 0 Å². The third-order valence-electron chi connectivity index (χ3n) is 6.08. The van der Waals surface area contributed by atoms with Gasteiger partial charge in [0.25, 0.3) is 0 Å². The maximum atomic E-state index is 13.0. The molecule has 34 heavy (non-hydrogen) atoms. The molecule has 7 heteroatoms. The molecule has 0 fully saturated rings. The molecule has 0 saturated heterocycles. The van der Waals surface area contributed by atoms with Crippen LogP contribution in [0.2, 0.25) is 5.02 Å². The first-order valence-corrected chi connectivity index (χ1v) is 11.4. The lowest BCUT2D eigenvalue weighted by molar-refractivity contribution is 0.0968. The number of ether oxygens (including phenoxy) is 3. The van der Waals surface area contributed by atoms with Crippen molar-refractivity contribution in [3.05, 3.63) is 87.2 Å². The number of halogens is 1. The summed E-state index contributed by atoms with van der Waals surface area (Å²) < 4.78 is 22.6. The Morgan fingerprint density at radius 1 is 0.971 bits per heavy atom. The second-order valence-electron chi connectivity index (χ2n) is 8.18. The van der Waals surface area contributed by atoms with Gasteiger partial charge in [-0.3, -0.25) is 4.90 Å². The van der Waals surface area contributed by atoms with Gasteiger partial charge >= 0.3 is 5.63 Å². The number of hydrogen-bond donors (Lipinski definition) is 0. The largest absolute Gasteiger partial charge is 0.497 e. The Morgan fingerprint density at radius 2 is 1.79 bits per heavy atom.